The van der Waals surface area contributed by atoms with Crippen LogP contribution in [0.5, 0.6) is 0 Å². The number of cyclic esters (lactones) is 1. The van der Waals surface area contributed by atoms with Crippen molar-refractivity contribution in [2.24, 2.45) is 0 Å². The van der Waals surface area contributed by atoms with E-state index < -0.39 is 29.7 Å². The molecule has 0 unspecified atom stereocenters. The molecule has 2 aromatic rings. The number of carbonyl (C=O) groups is 3. The molecule has 1 atom stereocenters. The smallest absolute Gasteiger partial charge is 0.414 e. The molecule has 3 heterocycles. The first kappa shape index (κ1) is 23.3. The highest BCUT2D eigenvalue weighted by atomic mass is 19.1. The lowest BCUT2D eigenvalue weighted by Gasteiger charge is -2.24. The van der Waals surface area contributed by atoms with Crippen LogP contribution < -0.4 is 15.1 Å². The largest absolute Gasteiger partial charge is 0.442 e. The normalized spacial score (nSPS) is 18.6. The number of carbonyl (C=O) groups excluding carboxylic acids is 3. The number of nitrogens with zero attached hydrogens (tertiary/aromatic N) is 7. The molecule has 3 amide bonds. The van der Waals surface area contributed by atoms with Crippen molar-refractivity contribution in [3.05, 3.63) is 30.1 Å². The Morgan fingerprint density at radius 3 is 2.65 bits per heavy atom. The van der Waals surface area contributed by atoms with Crippen LogP contribution in [0.25, 0.3) is 0 Å². The zero-order chi connectivity index (χ0) is 24.2. The predicted molar refractivity (Wildman–Crippen MR) is 110 cm³/mol. The molecular weight excluding hydrogens is 458 g/mol. The van der Waals surface area contributed by atoms with Gasteiger partial charge in [0.15, 0.2) is 18.0 Å². The standard InChI is InChI=1S/C19H22F2N8O5/c1-12(30)22-8-14-9-27(19(32)34-14)13-6-15(20)18(16(21)7-13)26-2-3-28(33-5-4-26)17(31)10-29-24-11-23-25-29/h6-7,11,14H,2-5,8-10H2,1H3,(H,22,30)/t14-/m0/s1. The van der Waals surface area contributed by atoms with Crippen LogP contribution in [0.2, 0.25) is 0 Å². The Labute approximate surface area is 192 Å². The van der Waals surface area contributed by atoms with E-state index in [4.69, 9.17) is 9.57 Å². The summed E-state index contributed by atoms with van der Waals surface area (Å²) >= 11 is 0. The van der Waals surface area contributed by atoms with Gasteiger partial charge in [0.1, 0.15) is 18.3 Å². The minimum Gasteiger partial charge on any atom is -0.442 e. The van der Waals surface area contributed by atoms with Gasteiger partial charge in [-0.1, -0.05) is 0 Å². The van der Waals surface area contributed by atoms with Gasteiger partial charge in [0.25, 0.3) is 5.91 Å². The highest BCUT2D eigenvalue weighted by molar-refractivity contribution is 5.90. The molecule has 1 N–H and O–H groups in total. The Morgan fingerprint density at radius 1 is 1.21 bits per heavy atom. The Kier molecular flexibility index (Phi) is 6.81. The predicted octanol–water partition coefficient (Wildman–Crippen LogP) is -0.307. The maximum absolute atomic E-state index is 15.0. The second-order valence-corrected chi connectivity index (χ2v) is 7.59. The van der Waals surface area contributed by atoms with E-state index in [-0.39, 0.29) is 63.2 Å². The number of amides is 3. The molecule has 34 heavy (non-hydrogen) atoms. The fraction of sp³-hybridized carbons (Fsp3) is 0.474. The molecule has 4 rings (SSSR count). The lowest BCUT2D eigenvalue weighted by Crippen LogP contribution is -2.37. The quantitative estimate of drug-likeness (QED) is 0.591. The molecule has 0 aliphatic carbocycles. The van der Waals surface area contributed by atoms with Crippen molar-refractivity contribution in [3.63, 3.8) is 0 Å². The lowest BCUT2D eigenvalue weighted by atomic mass is 10.2. The number of benzene rings is 1. The van der Waals surface area contributed by atoms with E-state index in [2.05, 4.69) is 20.7 Å². The summed E-state index contributed by atoms with van der Waals surface area (Å²) in [6.07, 6.45) is -0.208. The monoisotopic (exact) mass is 480 g/mol. The van der Waals surface area contributed by atoms with Crippen LogP contribution in [0.4, 0.5) is 25.0 Å². The minimum atomic E-state index is -0.875. The number of anilines is 2. The van der Waals surface area contributed by atoms with Gasteiger partial charge in [0.2, 0.25) is 5.91 Å². The zero-order valence-electron chi connectivity index (χ0n) is 18.2. The third-order valence-corrected chi connectivity index (χ3v) is 5.21. The molecule has 2 saturated heterocycles. The molecule has 0 radical (unpaired) electrons. The summed E-state index contributed by atoms with van der Waals surface area (Å²) in [6.45, 7) is 1.57. The number of tetrazole rings is 1. The fourth-order valence-electron chi connectivity index (χ4n) is 3.64. The van der Waals surface area contributed by atoms with Crippen LogP contribution >= 0.6 is 0 Å². The summed E-state index contributed by atoms with van der Waals surface area (Å²) in [6, 6.07) is 2.09. The van der Waals surface area contributed by atoms with Gasteiger partial charge in [-0.25, -0.2) is 18.6 Å². The van der Waals surface area contributed by atoms with E-state index >= 15 is 8.78 Å². The summed E-state index contributed by atoms with van der Waals surface area (Å²) in [5.74, 6) is -2.47. The van der Waals surface area contributed by atoms with Crippen molar-refractivity contribution in [2.75, 3.05) is 49.1 Å². The van der Waals surface area contributed by atoms with Crippen molar-refractivity contribution in [2.45, 2.75) is 19.6 Å². The van der Waals surface area contributed by atoms with Crippen molar-refractivity contribution in [1.29, 1.82) is 0 Å². The molecule has 182 valence electrons. The van der Waals surface area contributed by atoms with Gasteiger partial charge >= 0.3 is 6.09 Å². The van der Waals surface area contributed by atoms with Gasteiger partial charge < -0.3 is 15.0 Å². The van der Waals surface area contributed by atoms with Crippen molar-refractivity contribution in [1.82, 2.24) is 30.6 Å². The summed E-state index contributed by atoms with van der Waals surface area (Å²) in [4.78, 5) is 44.6. The fourth-order valence-corrected chi connectivity index (χ4v) is 3.64. The van der Waals surface area contributed by atoms with E-state index in [1.54, 1.807) is 0 Å². The number of nitrogens with one attached hydrogen (secondary N) is 1. The summed E-state index contributed by atoms with van der Waals surface area (Å²) < 4.78 is 35.1. The Hall–Kier alpha value is -3.88. The Bertz CT molecular complexity index is 1050. The van der Waals surface area contributed by atoms with Crippen LogP contribution in [0.3, 0.4) is 0 Å². The van der Waals surface area contributed by atoms with Crippen molar-refractivity contribution in [3.8, 4) is 0 Å². The maximum Gasteiger partial charge on any atom is 0.414 e. The number of ether oxygens (including phenoxy) is 1. The van der Waals surface area contributed by atoms with E-state index in [0.717, 1.165) is 26.9 Å². The first-order chi connectivity index (χ1) is 16.3. The summed E-state index contributed by atoms with van der Waals surface area (Å²) in [5, 5.41) is 14.5. The van der Waals surface area contributed by atoms with Crippen molar-refractivity contribution < 1.29 is 32.7 Å². The van der Waals surface area contributed by atoms with Crippen LogP contribution in [-0.2, 0) is 25.7 Å². The van der Waals surface area contributed by atoms with Crippen LogP contribution in [0.15, 0.2) is 18.5 Å². The third-order valence-electron chi connectivity index (χ3n) is 5.21. The van der Waals surface area contributed by atoms with Crippen LogP contribution in [0.1, 0.15) is 6.92 Å². The number of hydrogen-bond acceptors (Lipinski definition) is 9. The Balaban J connectivity index is 1.42. The second kappa shape index (κ2) is 9.94. The van der Waals surface area contributed by atoms with E-state index in [1.807, 2.05) is 0 Å². The van der Waals surface area contributed by atoms with Crippen molar-refractivity contribution >= 4 is 29.3 Å². The Morgan fingerprint density at radius 2 is 1.97 bits per heavy atom. The molecule has 1 aromatic carbocycles. The van der Waals surface area contributed by atoms with Gasteiger partial charge in [-0.2, -0.15) is 4.80 Å². The van der Waals surface area contributed by atoms with Gasteiger partial charge in [-0.15, -0.1) is 10.2 Å². The van der Waals surface area contributed by atoms with E-state index in [0.29, 0.717) is 0 Å². The topological polar surface area (TPSA) is 135 Å². The lowest BCUT2D eigenvalue weighted by molar-refractivity contribution is -0.183. The first-order valence-electron chi connectivity index (χ1n) is 10.4. The summed E-state index contributed by atoms with van der Waals surface area (Å²) in [7, 11) is 0. The first-order valence-corrected chi connectivity index (χ1v) is 10.4. The molecule has 1 aromatic heterocycles. The van der Waals surface area contributed by atoms with Gasteiger partial charge in [-0.05, 0) is 5.21 Å². The highest BCUT2D eigenvalue weighted by Crippen LogP contribution is 2.31. The van der Waals surface area contributed by atoms with Crippen LogP contribution in [-0.4, -0.2) is 88.6 Å². The molecule has 2 fully saturated rings. The van der Waals surface area contributed by atoms with Crippen LogP contribution in [0, 0.1) is 11.6 Å². The highest BCUT2D eigenvalue weighted by Gasteiger charge is 2.34. The second-order valence-electron chi connectivity index (χ2n) is 7.59. The molecule has 15 heteroatoms. The number of hydrogen-bond donors (Lipinski definition) is 1. The molecule has 0 saturated carbocycles. The molecule has 0 bridgehead atoms. The molecular formula is C19H22F2N8O5. The molecule has 2 aliphatic heterocycles. The molecule has 2 aliphatic rings. The SMILES string of the molecule is CC(=O)NC[C@H]1CN(c2cc(F)c(N3CCON(C(=O)Cn4ncnn4)CC3)c(F)c2)C(=O)O1. The number of hydroxylamine groups is 2. The van der Waals surface area contributed by atoms with Gasteiger partial charge in [0.05, 0.1) is 31.9 Å². The number of rotatable bonds is 6. The average molecular weight is 480 g/mol. The zero-order valence-corrected chi connectivity index (χ0v) is 18.2. The number of halogens is 2. The van der Waals surface area contributed by atoms with E-state index in [9.17, 15) is 14.4 Å². The molecule has 13 nitrogen and oxygen atoms in total. The van der Waals surface area contributed by atoms with Gasteiger partial charge in [-0.3, -0.25) is 19.3 Å². The average Bonchev–Trinajstić information content (AvgIpc) is 3.35. The number of aromatic nitrogens is 4. The summed E-state index contributed by atoms with van der Waals surface area (Å²) in [5.41, 5.74) is -0.292. The maximum atomic E-state index is 15.0. The minimum absolute atomic E-state index is 0.00252. The molecule has 0 spiro atoms. The van der Waals surface area contributed by atoms with Gasteiger partial charge in [0, 0.05) is 32.1 Å². The van der Waals surface area contributed by atoms with E-state index in [1.165, 1.54) is 18.2 Å². The third kappa shape index (κ3) is 5.19.